The van der Waals surface area contributed by atoms with Crippen molar-refractivity contribution in [3.05, 3.63) is 0 Å². The highest BCUT2D eigenvalue weighted by Crippen LogP contribution is 2.14. The molecule has 4 heteroatoms. The van der Waals surface area contributed by atoms with Gasteiger partial charge in [-0.3, -0.25) is 9.59 Å². The van der Waals surface area contributed by atoms with Gasteiger partial charge in [0, 0.05) is 12.8 Å². The molecule has 0 N–H and O–H groups in total. The lowest BCUT2D eigenvalue weighted by Gasteiger charge is -2.13. The zero-order chi connectivity index (χ0) is 18.2. The number of hydrogen-bond donors (Lipinski definition) is 0. The Morgan fingerprint density at radius 3 is 1.40 bits per heavy atom. The quantitative estimate of drug-likeness (QED) is 0.522. The van der Waals surface area contributed by atoms with E-state index in [4.69, 9.17) is 9.47 Å². The fourth-order valence-electron chi connectivity index (χ4n) is 3.26. The first-order chi connectivity index (χ1) is 12.2. The van der Waals surface area contributed by atoms with Crippen LogP contribution in [0, 0.1) is 0 Å². The number of rotatable bonds is 0. The van der Waals surface area contributed by atoms with Crippen molar-refractivity contribution in [2.75, 3.05) is 6.61 Å². The maximum atomic E-state index is 11.8. The molecule has 0 aromatic carbocycles. The fraction of sp³-hybridized carbons (Fsp3) is 0.905. The summed E-state index contributed by atoms with van der Waals surface area (Å²) in [5, 5.41) is 0. The molecule has 146 valence electrons. The molecule has 0 aliphatic carbocycles. The Bertz CT molecular complexity index is 354. The van der Waals surface area contributed by atoms with E-state index in [1.165, 1.54) is 64.2 Å². The Morgan fingerprint density at radius 1 is 0.600 bits per heavy atom. The number of carbonyl (C=O) groups excluding carboxylic acids is 2. The molecule has 0 spiro atoms. The minimum atomic E-state index is -0.352. The predicted octanol–water partition coefficient (Wildman–Crippen LogP) is 5.72. The maximum absolute atomic E-state index is 11.8. The van der Waals surface area contributed by atoms with Gasteiger partial charge in [0.2, 0.25) is 0 Å². The highest BCUT2D eigenvalue weighted by atomic mass is 16.6. The Labute approximate surface area is 154 Å². The molecule has 0 saturated carbocycles. The summed E-state index contributed by atoms with van der Waals surface area (Å²) in [6.07, 6.45) is 17.6. The molecular formula is C21H38O4. The van der Waals surface area contributed by atoms with Crippen molar-refractivity contribution in [3.63, 3.8) is 0 Å². The average Bonchev–Trinajstić information content (AvgIpc) is 2.58. The van der Waals surface area contributed by atoms with Crippen molar-refractivity contribution in [1.29, 1.82) is 0 Å². The molecule has 1 fully saturated rings. The zero-order valence-electron chi connectivity index (χ0n) is 16.2. The van der Waals surface area contributed by atoms with Crippen molar-refractivity contribution >= 4 is 11.9 Å². The molecule has 0 radical (unpaired) electrons. The van der Waals surface area contributed by atoms with Gasteiger partial charge in [0.1, 0.15) is 12.7 Å². The Kier molecular flexibility index (Phi) is 13.4. The van der Waals surface area contributed by atoms with E-state index in [0.717, 1.165) is 25.7 Å². The van der Waals surface area contributed by atoms with Gasteiger partial charge in [-0.05, 0) is 19.8 Å². The normalized spacial score (nSPS) is 25.1. The molecular weight excluding hydrogens is 316 g/mol. The molecule has 0 aromatic rings. The lowest BCUT2D eigenvalue weighted by atomic mass is 10.0. The van der Waals surface area contributed by atoms with E-state index >= 15 is 0 Å². The van der Waals surface area contributed by atoms with E-state index in [-0.39, 0.29) is 24.6 Å². The van der Waals surface area contributed by atoms with Gasteiger partial charge < -0.3 is 9.47 Å². The van der Waals surface area contributed by atoms with Gasteiger partial charge in [0.05, 0.1) is 0 Å². The summed E-state index contributed by atoms with van der Waals surface area (Å²) in [6, 6.07) is 0. The van der Waals surface area contributed by atoms with E-state index in [1.807, 2.05) is 0 Å². The minimum absolute atomic E-state index is 0.171. The number of ether oxygens (including phenoxy) is 2. The van der Waals surface area contributed by atoms with Gasteiger partial charge in [-0.2, -0.15) is 0 Å². The molecule has 0 aromatic heterocycles. The number of cyclic esters (lactones) is 2. The number of hydrogen-bond acceptors (Lipinski definition) is 4. The maximum Gasteiger partial charge on any atom is 0.306 e. The van der Waals surface area contributed by atoms with Crippen LogP contribution in [0.15, 0.2) is 0 Å². The topological polar surface area (TPSA) is 52.6 Å². The summed E-state index contributed by atoms with van der Waals surface area (Å²) < 4.78 is 10.5. The summed E-state index contributed by atoms with van der Waals surface area (Å²) in [5.74, 6) is -0.351. The van der Waals surface area contributed by atoms with E-state index in [0.29, 0.717) is 12.8 Å². The van der Waals surface area contributed by atoms with Gasteiger partial charge in [-0.15, -0.1) is 0 Å². The summed E-state index contributed by atoms with van der Waals surface area (Å²) in [5.41, 5.74) is 0. The standard InChI is InChI=1S/C21H38O4/c1-19-18-24-20(22)16-14-12-10-8-6-4-2-3-5-7-9-11-13-15-17-21(23)25-19/h19H,2-18H2,1H3. The second-order valence-corrected chi connectivity index (χ2v) is 7.43. The van der Waals surface area contributed by atoms with Gasteiger partial charge in [-0.1, -0.05) is 77.0 Å². The third-order valence-corrected chi connectivity index (χ3v) is 4.82. The summed E-state index contributed by atoms with van der Waals surface area (Å²) in [6.45, 7) is 1.95. The average molecular weight is 355 g/mol. The van der Waals surface area contributed by atoms with Crippen molar-refractivity contribution in [2.45, 2.75) is 116 Å². The van der Waals surface area contributed by atoms with Gasteiger partial charge in [-0.25, -0.2) is 0 Å². The molecule has 1 atom stereocenters. The first-order valence-electron chi connectivity index (χ1n) is 10.5. The molecule has 1 heterocycles. The second-order valence-electron chi connectivity index (χ2n) is 7.43. The SMILES string of the molecule is CC1COC(=O)CCCCCCCCCCCCCCCCC(=O)O1. The lowest BCUT2D eigenvalue weighted by molar-refractivity contribution is -0.158. The van der Waals surface area contributed by atoms with Crippen LogP contribution in [0.5, 0.6) is 0 Å². The Morgan fingerprint density at radius 2 is 0.960 bits per heavy atom. The largest absolute Gasteiger partial charge is 0.462 e. The van der Waals surface area contributed by atoms with E-state index in [9.17, 15) is 9.59 Å². The molecule has 1 unspecified atom stereocenters. The monoisotopic (exact) mass is 354 g/mol. The van der Waals surface area contributed by atoms with Crippen LogP contribution in [0.3, 0.4) is 0 Å². The molecule has 0 amide bonds. The minimum Gasteiger partial charge on any atom is -0.462 e. The lowest BCUT2D eigenvalue weighted by Crippen LogP contribution is -2.22. The van der Waals surface area contributed by atoms with Crippen molar-refractivity contribution in [3.8, 4) is 0 Å². The third kappa shape index (κ3) is 13.9. The summed E-state index contributed by atoms with van der Waals surface area (Å²) in [7, 11) is 0. The first-order valence-corrected chi connectivity index (χ1v) is 10.5. The van der Waals surface area contributed by atoms with Crippen LogP contribution in [-0.2, 0) is 19.1 Å². The highest BCUT2D eigenvalue weighted by molar-refractivity contribution is 5.70. The van der Waals surface area contributed by atoms with Gasteiger partial charge in [0.15, 0.2) is 0 Å². The van der Waals surface area contributed by atoms with Crippen molar-refractivity contribution < 1.29 is 19.1 Å². The second kappa shape index (κ2) is 15.2. The molecule has 1 saturated heterocycles. The van der Waals surface area contributed by atoms with Crippen LogP contribution in [0.25, 0.3) is 0 Å². The molecule has 4 nitrogen and oxygen atoms in total. The zero-order valence-corrected chi connectivity index (χ0v) is 16.2. The number of esters is 2. The van der Waals surface area contributed by atoms with Crippen LogP contribution in [0.1, 0.15) is 110 Å². The molecule has 1 aliphatic rings. The molecule has 0 bridgehead atoms. The summed E-state index contributed by atoms with van der Waals surface area (Å²) in [4.78, 5) is 23.5. The Hall–Kier alpha value is -1.06. The molecule has 1 rings (SSSR count). The molecule has 25 heavy (non-hydrogen) atoms. The van der Waals surface area contributed by atoms with Crippen molar-refractivity contribution in [2.24, 2.45) is 0 Å². The van der Waals surface area contributed by atoms with E-state index in [1.54, 1.807) is 6.92 Å². The van der Waals surface area contributed by atoms with E-state index < -0.39 is 0 Å². The van der Waals surface area contributed by atoms with E-state index in [2.05, 4.69) is 0 Å². The predicted molar refractivity (Wildman–Crippen MR) is 100 cm³/mol. The third-order valence-electron chi connectivity index (χ3n) is 4.82. The van der Waals surface area contributed by atoms with Crippen LogP contribution < -0.4 is 0 Å². The van der Waals surface area contributed by atoms with Gasteiger partial charge >= 0.3 is 11.9 Å². The fourth-order valence-corrected chi connectivity index (χ4v) is 3.26. The molecule has 1 aliphatic heterocycles. The number of carbonyl (C=O) groups is 2. The van der Waals surface area contributed by atoms with Crippen molar-refractivity contribution in [1.82, 2.24) is 0 Å². The Balaban J connectivity index is 2.25. The summed E-state index contributed by atoms with van der Waals surface area (Å²) >= 11 is 0. The smallest absolute Gasteiger partial charge is 0.306 e. The highest BCUT2D eigenvalue weighted by Gasteiger charge is 2.12. The van der Waals surface area contributed by atoms with Crippen LogP contribution in [0.2, 0.25) is 0 Å². The van der Waals surface area contributed by atoms with Crippen LogP contribution in [0.4, 0.5) is 0 Å². The first kappa shape index (κ1) is 22.0. The van der Waals surface area contributed by atoms with Crippen LogP contribution >= 0.6 is 0 Å². The van der Waals surface area contributed by atoms with Gasteiger partial charge in [0.25, 0.3) is 0 Å². The van der Waals surface area contributed by atoms with Crippen LogP contribution in [-0.4, -0.2) is 24.6 Å².